The molecule has 1 amide bonds. The summed E-state index contributed by atoms with van der Waals surface area (Å²) in [6.07, 6.45) is -0.874. The van der Waals surface area contributed by atoms with Crippen molar-refractivity contribution in [2.24, 2.45) is 0 Å². The number of anilines is 1. The Kier molecular flexibility index (Phi) is 3.84. The summed E-state index contributed by atoms with van der Waals surface area (Å²) in [6, 6.07) is 5.40. The minimum Gasteiger partial charge on any atom is -0.447 e. The van der Waals surface area contributed by atoms with E-state index < -0.39 is 11.9 Å². The Balaban J connectivity index is 2.76. The van der Waals surface area contributed by atoms with E-state index in [2.05, 4.69) is 5.32 Å². The van der Waals surface area contributed by atoms with Crippen molar-refractivity contribution in [1.82, 2.24) is 0 Å². The third kappa shape index (κ3) is 3.24. The Bertz CT molecular complexity index is 438. The molecular weight excluding hydrogens is 211 g/mol. The summed E-state index contributed by atoms with van der Waals surface area (Å²) in [4.78, 5) is 11.2. The summed E-state index contributed by atoms with van der Waals surface area (Å²) in [5.41, 5.74) is 0.200. The van der Waals surface area contributed by atoms with Crippen LogP contribution in [-0.2, 0) is 4.74 Å². The van der Waals surface area contributed by atoms with Gasteiger partial charge in [-0.2, -0.15) is 5.26 Å². The first-order chi connectivity index (χ1) is 7.52. The van der Waals surface area contributed by atoms with Crippen molar-refractivity contribution in [2.45, 2.75) is 20.0 Å². The molecule has 0 aliphatic rings. The van der Waals surface area contributed by atoms with Gasteiger partial charge in [-0.1, -0.05) is 0 Å². The molecule has 16 heavy (non-hydrogen) atoms. The van der Waals surface area contributed by atoms with E-state index in [1.807, 2.05) is 0 Å². The number of carbonyl (C=O) groups is 1. The van der Waals surface area contributed by atoms with Crippen LogP contribution in [0.25, 0.3) is 0 Å². The Hall–Kier alpha value is -2.09. The fourth-order valence-electron chi connectivity index (χ4n) is 1.05. The molecule has 0 saturated carbocycles. The minimum absolute atomic E-state index is 0.123. The summed E-state index contributed by atoms with van der Waals surface area (Å²) in [7, 11) is 0. The van der Waals surface area contributed by atoms with Gasteiger partial charge in [-0.15, -0.1) is 0 Å². The molecule has 84 valence electrons. The molecule has 0 saturated heterocycles. The number of amides is 1. The Morgan fingerprint density at radius 3 is 2.81 bits per heavy atom. The minimum atomic E-state index is -0.634. The van der Waals surface area contributed by atoms with Gasteiger partial charge in [0.05, 0.1) is 11.7 Å². The smallest absolute Gasteiger partial charge is 0.411 e. The molecule has 0 spiro atoms. The number of hydrogen-bond acceptors (Lipinski definition) is 3. The Labute approximate surface area is 92.6 Å². The second kappa shape index (κ2) is 5.12. The monoisotopic (exact) mass is 222 g/mol. The third-order valence-electron chi connectivity index (χ3n) is 1.68. The highest BCUT2D eigenvalue weighted by Crippen LogP contribution is 2.14. The first-order valence-electron chi connectivity index (χ1n) is 4.70. The van der Waals surface area contributed by atoms with Crippen LogP contribution in [0.5, 0.6) is 0 Å². The van der Waals surface area contributed by atoms with Crippen LogP contribution in [0.1, 0.15) is 19.4 Å². The zero-order valence-electron chi connectivity index (χ0n) is 8.95. The number of nitrogens with zero attached hydrogens (tertiary/aromatic N) is 1. The van der Waals surface area contributed by atoms with Gasteiger partial charge < -0.3 is 4.74 Å². The fourth-order valence-corrected chi connectivity index (χ4v) is 1.05. The van der Waals surface area contributed by atoms with Gasteiger partial charge in [-0.25, -0.2) is 9.18 Å². The van der Waals surface area contributed by atoms with Crippen LogP contribution in [0.15, 0.2) is 18.2 Å². The normalized spacial score (nSPS) is 9.69. The average molecular weight is 222 g/mol. The standard InChI is InChI=1S/C11H11FN2O2/c1-7(2)16-11(15)14-9-3-4-10(12)8(5-9)6-13/h3-5,7H,1-2H3,(H,14,15). The van der Waals surface area contributed by atoms with Crippen LogP contribution in [0.3, 0.4) is 0 Å². The molecule has 0 bridgehead atoms. The first kappa shape index (κ1) is 12.0. The van der Waals surface area contributed by atoms with E-state index >= 15 is 0 Å². The summed E-state index contributed by atoms with van der Waals surface area (Å²) < 4.78 is 17.8. The van der Waals surface area contributed by atoms with Crippen molar-refractivity contribution in [2.75, 3.05) is 5.32 Å². The summed E-state index contributed by atoms with van der Waals surface area (Å²) in [5, 5.41) is 11.0. The van der Waals surface area contributed by atoms with Gasteiger partial charge in [0, 0.05) is 5.69 Å². The molecule has 0 aliphatic carbocycles. The molecule has 0 heterocycles. The molecule has 0 unspecified atom stereocenters. The maximum atomic E-state index is 13.0. The third-order valence-corrected chi connectivity index (χ3v) is 1.68. The van der Waals surface area contributed by atoms with E-state index in [9.17, 15) is 9.18 Å². The van der Waals surface area contributed by atoms with Gasteiger partial charge in [0.1, 0.15) is 11.9 Å². The van der Waals surface area contributed by atoms with E-state index in [1.54, 1.807) is 19.9 Å². The fraction of sp³-hybridized carbons (Fsp3) is 0.273. The molecule has 1 aromatic rings. The molecule has 4 nitrogen and oxygen atoms in total. The van der Waals surface area contributed by atoms with E-state index in [0.717, 1.165) is 6.07 Å². The molecular formula is C11H11FN2O2. The SMILES string of the molecule is CC(C)OC(=O)Nc1ccc(F)c(C#N)c1. The molecule has 1 rings (SSSR count). The lowest BCUT2D eigenvalue weighted by atomic mass is 10.2. The van der Waals surface area contributed by atoms with E-state index in [4.69, 9.17) is 10.00 Å². The maximum absolute atomic E-state index is 13.0. The molecule has 0 radical (unpaired) electrons. The highest BCUT2D eigenvalue weighted by Gasteiger charge is 2.07. The number of nitrogens with one attached hydrogen (secondary N) is 1. The molecule has 0 fully saturated rings. The average Bonchev–Trinajstić information content (AvgIpc) is 2.19. The number of carbonyl (C=O) groups excluding carboxylic acids is 1. The molecule has 1 N–H and O–H groups in total. The van der Waals surface area contributed by atoms with Gasteiger partial charge in [0.2, 0.25) is 0 Å². The zero-order chi connectivity index (χ0) is 12.1. The predicted octanol–water partition coefficient (Wildman–Crippen LogP) is 2.65. The van der Waals surface area contributed by atoms with Crippen LogP contribution in [-0.4, -0.2) is 12.2 Å². The van der Waals surface area contributed by atoms with E-state index in [0.29, 0.717) is 5.69 Å². The largest absolute Gasteiger partial charge is 0.447 e. The van der Waals surface area contributed by atoms with E-state index in [1.165, 1.54) is 12.1 Å². The van der Waals surface area contributed by atoms with Crippen molar-refractivity contribution < 1.29 is 13.9 Å². The number of rotatable bonds is 2. The summed E-state index contributed by atoms with van der Waals surface area (Å²) in [5.74, 6) is -0.620. The highest BCUT2D eigenvalue weighted by atomic mass is 19.1. The summed E-state index contributed by atoms with van der Waals surface area (Å²) in [6.45, 7) is 3.43. The lowest BCUT2D eigenvalue weighted by molar-refractivity contribution is 0.130. The second-order valence-electron chi connectivity index (χ2n) is 3.39. The number of hydrogen-bond donors (Lipinski definition) is 1. The van der Waals surface area contributed by atoms with Crippen molar-refractivity contribution in [3.63, 3.8) is 0 Å². The quantitative estimate of drug-likeness (QED) is 0.836. The van der Waals surface area contributed by atoms with Gasteiger partial charge in [0.25, 0.3) is 0 Å². The first-order valence-corrected chi connectivity index (χ1v) is 4.70. The zero-order valence-corrected chi connectivity index (χ0v) is 8.95. The molecule has 0 aliphatic heterocycles. The van der Waals surface area contributed by atoms with Gasteiger partial charge in [-0.3, -0.25) is 5.32 Å². The van der Waals surface area contributed by atoms with Gasteiger partial charge >= 0.3 is 6.09 Å². The molecule has 5 heteroatoms. The Morgan fingerprint density at radius 1 is 1.56 bits per heavy atom. The van der Waals surface area contributed by atoms with Crippen molar-refractivity contribution in [3.8, 4) is 6.07 Å². The number of nitriles is 1. The highest BCUT2D eigenvalue weighted by molar-refractivity contribution is 5.84. The molecule has 1 aromatic carbocycles. The van der Waals surface area contributed by atoms with E-state index in [-0.39, 0.29) is 11.7 Å². The van der Waals surface area contributed by atoms with Crippen molar-refractivity contribution in [3.05, 3.63) is 29.6 Å². The van der Waals surface area contributed by atoms with Crippen molar-refractivity contribution >= 4 is 11.8 Å². The van der Waals surface area contributed by atoms with Crippen LogP contribution in [0.2, 0.25) is 0 Å². The lowest BCUT2D eigenvalue weighted by Crippen LogP contribution is -2.18. The lowest BCUT2D eigenvalue weighted by Gasteiger charge is -2.09. The molecule has 0 aromatic heterocycles. The molecule has 0 atom stereocenters. The van der Waals surface area contributed by atoms with Crippen molar-refractivity contribution in [1.29, 1.82) is 5.26 Å². The number of ether oxygens (including phenoxy) is 1. The topological polar surface area (TPSA) is 62.1 Å². The van der Waals surface area contributed by atoms with Crippen LogP contribution >= 0.6 is 0 Å². The number of benzene rings is 1. The van der Waals surface area contributed by atoms with Crippen LogP contribution in [0.4, 0.5) is 14.9 Å². The predicted molar refractivity (Wildman–Crippen MR) is 56.4 cm³/mol. The van der Waals surface area contributed by atoms with Crippen LogP contribution < -0.4 is 5.32 Å². The van der Waals surface area contributed by atoms with Gasteiger partial charge in [-0.05, 0) is 32.0 Å². The van der Waals surface area contributed by atoms with Crippen LogP contribution in [0, 0.1) is 17.1 Å². The maximum Gasteiger partial charge on any atom is 0.411 e. The Morgan fingerprint density at radius 2 is 2.25 bits per heavy atom. The van der Waals surface area contributed by atoms with Gasteiger partial charge in [0.15, 0.2) is 0 Å². The number of halogens is 1. The summed E-state index contributed by atoms with van der Waals surface area (Å²) >= 11 is 0. The second-order valence-corrected chi connectivity index (χ2v) is 3.39.